The molecule has 1 N–H and O–H groups in total. The first-order chi connectivity index (χ1) is 12.8. The number of carbonyl (C=O) groups excluding carboxylic acids is 2. The smallest absolute Gasteiger partial charge is 0.274 e. The van der Waals surface area contributed by atoms with Crippen molar-refractivity contribution in [3.8, 4) is 0 Å². The van der Waals surface area contributed by atoms with E-state index in [0.717, 1.165) is 5.56 Å². The van der Waals surface area contributed by atoms with E-state index in [9.17, 15) is 19.7 Å². The van der Waals surface area contributed by atoms with Crippen molar-refractivity contribution in [3.05, 3.63) is 62.7 Å². The number of benzene rings is 2. The summed E-state index contributed by atoms with van der Waals surface area (Å²) in [6.45, 7) is 3.66. The van der Waals surface area contributed by atoms with Crippen LogP contribution in [-0.2, 0) is 9.59 Å². The third-order valence-corrected chi connectivity index (χ3v) is 4.89. The van der Waals surface area contributed by atoms with Crippen LogP contribution in [0.25, 0.3) is 0 Å². The van der Waals surface area contributed by atoms with Gasteiger partial charge >= 0.3 is 0 Å². The molecule has 1 heterocycles. The molecule has 2 aromatic rings. The van der Waals surface area contributed by atoms with E-state index < -0.39 is 10.8 Å². The molecule has 0 bridgehead atoms. The standard InChI is InChI=1S/C19H18ClN3O4/c1-11-3-5-14(20)8-16(11)21-19(25)13-7-18(24)22(10-13)15-6-4-12(2)17(9-15)23(26)27/h3-6,8-9,13H,7,10H2,1-2H3,(H,21,25)/t13-/m0/s1. The number of nitrogens with one attached hydrogen (secondary N) is 1. The molecule has 8 heteroatoms. The van der Waals surface area contributed by atoms with Gasteiger partial charge in [0.25, 0.3) is 5.69 Å². The van der Waals surface area contributed by atoms with Crippen molar-refractivity contribution in [1.29, 1.82) is 0 Å². The molecule has 3 rings (SSSR count). The van der Waals surface area contributed by atoms with E-state index in [0.29, 0.717) is 22.0 Å². The molecule has 0 spiro atoms. The van der Waals surface area contributed by atoms with Crippen LogP contribution >= 0.6 is 11.6 Å². The molecule has 0 saturated carbocycles. The zero-order valence-corrected chi connectivity index (χ0v) is 15.6. The van der Waals surface area contributed by atoms with Gasteiger partial charge in [-0.25, -0.2) is 0 Å². The quantitative estimate of drug-likeness (QED) is 0.636. The topological polar surface area (TPSA) is 92.6 Å². The van der Waals surface area contributed by atoms with Crippen molar-refractivity contribution in [2.45, 2.75) is 20.3 Å². The summed E-state index contributed by atoms with van der Waals surface area (Å²) in [6, 6.07) is 9.82. The monoisotopic (exact) mass is 387 g/mol. The van der Waals surface area contributed by atoms with Gasteiger partial charge in [0.2, 0.25) is 11.8 Å². The Morgan fingerprint density at radius 3 is 2.63 bits per heavy atom. The number of hydrogen-bond acceptors (Lipinski definition) is 4. The van der Waals surface area contributed by atoms with Gasteiger partial charge in [-0.15, -0.1) is 0 Å². The number of amides is 2. The number of halogens is 1. The van der Waals surface area contributed by atoms with E-state index in [4.69, 9.17) is 11.6 Å². The lowest BCUT2D eigenvalue weighted by atomic mass is 10.1. The number of anilines is 2. The summed E-state index contributed by atoms with van der Waals surface area (Å²) in [6.07, 6.45) is 0.0487. The molecule has 2 amide bonds. The van der Waals surface area contributed by atoms with Gasteiger partial charge in [0, 0.05) is 35.3 Å². The first-order valence-electron chi connectivity index (χ1n) is 8.38. The van der Waals surface area contributed by atoms with Gasteiger partial charge < -0.3 is 10.2 Å². The van der Waals surface area contributed by atoms with E-state index in [1.54, 1.807) is 37.3 Å². The van der Waals surface area contributed by atoms with Crippen LogP contribution in [0.15, 0.2) is 36.4 Å². The van der Waals surface area contributed by atoms with E-state index in [1.165, 1.54) is 11.0 Å². The van der Waals surface area contributed by atoms with Crippen LogP contribution in [0, 0.1) is 29.9 Å². The normalized spacial score (nSPS) is 16.5. The predicted octanol–water partition coefficient (Wildman–Crippen LogP) is 3.86. The maximum atomic E-state index is 12.6. The minimum Gasteiger partial charge on any atom is -0.325 e. The summed E-state index contributed by atoms with van der Waals surface area (Å²) in [7, 11) is 0. The third kappa shape index (κ3) is 3.93. The molecule has 1 aliphatic heterocycles. The summed E-state index contributed by atoms with van der Waals surface area (Å²) in [5.74, 6) is -1.06. The van der Waals surface area contributed by atoms with Crippen LogP contribution in [0.3, 0.4) is 0 Å². The van der Waals surface area contributed by atoms with Gasteiger partial charge in [-0.05, 0) is 37.6 Å². The number of hydrogen-bond donors (Lipinski definition) is 1. The van der Waals surface area contributed by atoms with Crippen molar-refractivity contribution >= 4 is 40.5 Å². The van der Waals surface area contributed by atoms with Crippen LogP contribution in [0.4, 0.5) is 17.1 Å². The Morgan fingerprint density at radius 1 is 1.22 bits per heavy atom. The highest BCUT2D eigenvalue weighted by Crippen LogP contribution is 2.30. The molecule has 2 aromatic carbocycles. The second kappa shape index (κ2) is 7.36. The molecular formula is C19H18ClN3O4. The maximum Gasteiger partial charge on any atom is 0.274 e. The lowest BCUT2D eigenvalue weighted by Gasteiger charge is -2.17. The summed E-state index contributed by atoms with van der Waals surface area (Å²) in [4.78, 5) is 37.0. The van der Waals surface area contributed by atoms with Crippen LogP contribution in [0.5, 0.6) is 0 Å². The number of nitro groups is 1. The number of nitro benzene ring substituents is 1. The third-order valence-electron chi connectivity index (χ3n) is 4.65. The van der Waals surface area contributed by atoms with Gasteiger partial charge in [0.05, 0.1) is 16.5 Å². The largest absolute Gasteiger partial charge is 0.325 e. The predicted molar refractivity (Wildman–Crippen MR) is 103 cm³/mol. The van der Waals surface area contributed by atoms with E-state index in [1.807, 2.05) is 6.92 Å². The molecule has 0 aliphatic carbocycles. The molecule has 27 heavy (non-hydrogen) atoms. The average Bonchev–Trinajstić information content (AvgIpc) is 3.00. The number of rotatable bonds is 4. The minimum absolute atomic E-state index is 0.0487. The summed E-state index contributed by atoms with van der Waals surface area (Å²) < 4.78 is 0. The highest BCUT2D eigenvalue weighted by Gasteiger charge is 2.36. The number of nitrogens with zero attached hydrogens (tertiary/aromatic N) is 2. The molecule has 0 radical (unpaired) electrons. The Bertz CT molecular complexity index is 945. The first kappa shape index (κ1) is 18.8. The second-order valence-electron chi connectivity index (χ2n) is 6.58. The molecule has 1 atom stereocenters. The number of aryl methyl sites for hydroxylation is 2. The molecular weight excluding hydrogens is 370 g/mol. The van der Waals surface area contributed by atoms with Crippen LogP contribution in [-0.4, -0.2) is 23.3 Å². The fraction of sp³-hybridized carbons (Fsp3) is 0.263. The van der Waals surface area contributed by atoms with Gasteiger partial charge in [-0.1, -0.05) is 23.7 Å². The Hall–Kier alpha value is -2.93. The zero-order chi connectivity index (χ0) is 19.7. The van der Waals surface area contributed by atoms with E-state index in [-0.39, 0.29) is 30.5 Å². The Labute approximate surface area is 161 Å². The van der Waals surface area contributed by atoms with E-state index in [2.05, 4.69) is 5.32 Å². The van der Waals surface area contributed by atoms with E-state index >= 15 is 0 Å². The van der Waals surface area contributed by atoms with Gasteiger partial charge in [-0.2, -0.15) is 0 Å². The Balaban J connectivity index is 1.77. The minimum atomic E-state index is -0.545. The van der Waals surface area contributed by atoms with Crippen molar-refractivity contribution in [2.75, 3.05) is 16.8 Å². The summed E-state index contributed by atoms with van der Waals surface area (Å²) in [5.41, 5.74) is 2.35. The number of carbonyl (C=O) groups is 2. The lowest BCUT2D eigenvalue weighted by molar-refractivity contribution is -0.385. The van der Waals surface area contributed by atoms with Crippen LogP contribution in [0.2, 0.25) is 5.02 Å². The Morgan fingerprint density at radius 2 is 1.93 bits per heavy atom. The molecule has 1 saturated heterocycles. The first-order valence-corrected chi connectivity index (χ1v) is 8.76. The molecule has 140 valence electrons. The van der Waals surface area contributed by atoms with Crippen molar-refractivity contribution in [2.24, 2.45) is 5.92 Å². The lowest BCUT2D eigenvalue weighted by Crippen LogP contribution is -2.28. The highest BCUT2D eigenvalue weighted by atomic mass is 35.5. The van der Waals surface area contributed by atoms with Crippen LogP contribution < -0.4 is 10.2 Å². The fourth-order valence-corrected chi connectivity index (χ4v) is 3.23. The van der Waals surface area contributed by atoms with Crippen LogP contribution in [0.1, 0.15) is 17.5 Å². The Kier molecular flexibility index (Phi) is 5.14. The SMILES string of the molecule is Cc1ccc(Cl)cc1NC(=O)[C@H]1CC(=O)N(c2ccc(C)c([N+](=O)[O-])c2)C1. The molecule has 7 nitrogen and oxygen atoms in total. The molecule has 0 aromatic heterocycles. The van der Waals surface area contributed by atoms with Crippen molar-refractivity contribution < 1.29 is 14.5 Å². The highest BCUT2D eigenvalue weighted by molar-refractivity contribution is 6.31. The fourth-order valence-electron chi connectivity index (χ4n) is 3.06. The van der Waals surface area contributed by atoms with Gasteiger partial charge in [-0.3, -0.25) is 19.7 Å². The molecule has 1 fully saturated rings. The average molecular weight is 388 g/mol. The summed E-state index contributed by atoms with van der Waals surface area (Å²) >= 11 is 5.97. The molecule has 0 unspecified atom stereocenters. The maximum absolute atomic E-state index is 12.6. The zero-order valence-electron chi connectivity index (χ0n) is 14.9. The van der Waals surface area contributed by atoms with Gasteiger partial charge in [0.15, 0.2) is 0 Å². The van der Waals surface area contributed by atoms with Crippen molar-refractivity contribution in [1.82, 2.24) is 0 Å². The molecule has 1 aliphatic rings. The van der Waals surface area contributed by atoms with Crippen molar-refractivity contribution in [3.63, 3.8) is 0 Å². The second-order valence-corrected chi connectivity index (χ2v) is 7.02. The summed E-state index contributed by atoms with van der Waals surface area (Å²) in [5, 5.41) is 14.5. The van der Waals surface area contributed by atoms with Gasteiger partial charge in [0.1, 0.15) is 0 Å².